The van der Waals surface area contributed by atoms with Crippen LogP contribution in [0.3, 0.4) is 0 Å². The van der Waals surface area contributed by atoms with Gasteiger partial charge >= 0.3 is 0 Å². The smallest absolute Gasteiger partial charge is 0.239 e. The van der Waals surface area contributed by atoms with Crippen LogP contribution < -0.4 is 0 Å². The summed E-state index contributed by atoms with van der Waals surface area (Å²) in [6.07, 6.45) is 0. The van der Waals surface area contributed by atoms with Gasteiger partial charge in [-0.05, 0) is 59.9 Å². The van der Waals surface area contributed by atoms with Crippen molar-refractivity contribution in [3.05, 3.63) is 66.2 Å². The molecule has 0 heterocycles. The standard InChI is InChI=1S/C8H8O2.C7H5Br3O2S/c9-6-8(10)7-4-2-1-3-5-7;8-7(9,10)13(11,12)6-4-2-1-3-5-6/h1-5,9H,6H2;1-5H. The largest absolute Gasteiger partial charge is 0.388 e. The Morgan fingerprint density at radius 3 is 1.74 bits per heavy atom. The normalized spacial score (nSPS) is 11.3. The van der Waals surface area contributed by atoms with Gasteiger partial charge in [-0.1, -0.05) is 48.5 Å². The quantitative estimate of drug-likeness (QED) is 0.480. The van der Waals surface area contributed by atoms with Crippen LogP contribution in [-0.2, 0) is 9.84 Å². The molecule has 0 spiro atoms. The number of sulfone groups is 1. The van der Waals surface area contributed by atoms with Crippen molar-refractivity contribution in [2.75, 3.05) is 6.61 Å². The maximum atomic E-state index is 11.7. The number of aliphatic hydroxyl groups is 1. The Morgan fingerprint density at radius 2 is 1.35 bits per heavy atom. The van der Waals surface area contributed by atoms with E-state index in [0.717, 1.165) is 0 Å². The first-order valence-electron chi connectivity index (χ1n) is 6.25. The van der Waals surface area contributed by atoms with E-state index < -0.39 is 17.9 Å². The van der Waals surface area contributed by atoms with Gasteiger partial charge in [0.2, 0.25) is 11.3 Å². The Morgan fingerprint density at radius 1 is 0.913 bits per heavy atom. The number of alkyl halides is 3. The molecule has 1 N–H and O–H groups in total. The first-order chi connectivity index (χ1) is 10.7. The van der Waals surface area contributed by atoms with E-state index in [1.807, 2.05) is 6.07 Å². The molecule has 2 aromatic rings. The van der Waals surface area contributed by atoms with Gasteiger partial charge in [0.15, 0.2) is 5.78 Å². The highest BCUT2D eigenvalue weighted by atomic mass is 80.0. The third-order valence-electron chi connectivity index (χ3n) is 2.60. The van der Waals surface area contributed by atoms with Gasteiger partial charge in [0.05, 0.1) is 4.90 Å². The van der Waals surface area contributed by atoms with Gasteiger partial charge in [-0.25, -0.2) is 8.42 Å². The molecule has 0 aromatic heterocycles. The molecule has 8 heteroatoms. The molecule has 0 atom stereocenters. The van der Waals surface area contributed by atoms with Crippen molar-refractivity contribution in [3.63, 3.8) is 0 Å². The lowest BCUT2D eigenvalue weighted by atomic mass is 10.1. The van der Waals surface area contributed by atoms with Gasteiger partial charge in [-0.2, -0.15) is 0 Å². The molecular weight excluding hydrogens is 516 g/mol. The molecule has 2 aromatic carbocycles. The maximum Gasteiger partial charge on any atom is 0.239 e. The van der Waals surface area contributed by atoms with Gasteiger partial charge in [0.1, 0.15) is 6.61 Å². The van der Waals surface area contributed by atoms with Gasteiger partial charge in [-0.3, -0.25) is 4.79 Å². The van der Waals surface area contributed by atoms with E-state index in [2.05, 4.69) is 47.8 Å². The number of hydrogen-bond acceptors (Lipinski definition) is 4. The minimum absolute atomic E-state index is 0.236. The fourth-order valence-corrected chi connectivity index (χ4v) is 3.91. The van der Waals surface area contributed by atoms with Crippen molar-refractivity contribution in [2.24, 2.45) is 0 Å². The zero-order valence-electron chi connectivity index (χ0n) is 11.7. The third-order valence-corrected chi connectivity index (χ3v) is 7.94. The van der Waals surface area contributed by atoms with E-state index >= 15 is 0 Å². The van der Waals surface area contributed by atoms with Crippen LogP contribution in [0, 0.1) is 0 Å². The second-order valence-electron chi connectivity index (χ2n) is 4.21. The number of aliphatic hydroxyl groups excluding tert-OH is 1. The summed E-state index contributed by atoms with van der Waals surface area (Å²) in [5.41, 5.74) is 0.560. The molecule has 0 unspecified atom stereocenters. The van der Waals surface area contributed by atoms with Gasteiger partial charge in [-0.15, -0.1) is 0 Å². The van der Waals surface area contributed by atoms with Crippen molar-refractivity contribution < 1.29 is 18.3 Å². The Bertz CT molecular complexity index is 726. The first-order valence-corrected chi connectivity index (χ1v) is 10.1. The van der Waals surface area contributed by atoms with Crippen LogP contribution >= 0.6 is 47.8 Å². The Labute approximate surface area is 160 Å². The molecule has 0 amide bonds. The first kappa shape index (κ1) is 20.5. The Balaban J connectivity index is 0.000000238. The summed E-state index contributed by atoms with van der Waals surface area (Å²) in [6.45, 7) is -0.413. The number of rotatable bonds is 3. The van der Waals surface area contributed by atoms with Crippen LogP contribution in [-0.4, -0.2) is 27.4 Å². The molecule has 0 saturated carbocycles. The van der Waals surface area contributed by atoms with Crippen molar-refractivity contribution in [3.8, 4) is 0 Å². The maximum absolute atomic E-state index is 11.7. The minimum Gasteiger partial charge on any atom is -0.388 e. The predicted octanol–water partition coefficient (Wildman–Crippen LogP) is 4.12. The van der Waals surface area contributed by atoms with Gasteiger partial charge < -0.3 is 5.11 Å². The molecule has 0 aliphatic heterocycles. The summed E-state index contributed by atoms with van der Waals surface area (Å²) in [6, 6.07) is 16.9. The molecular formula is C15H13Br3O4S. The molecule has 0 bridgehead atoms. The van der Waals surface area contributed by atoms with Gasteiger partial charge in [0.25, 0.3) is 0 Å². The van der Waals surface area contributed by atoms with E-state index in [1.165, 1.54) is 12.1 Å². The predicted molar refractivity (Wildman–Crippen MR) is 101 cm³/mol. The van der Waals surface area contributed by atoms with Crippen LogP contribution in [0.25, 0.3) is 0 Å². The van der Waals surface area contributed by atoms with Gasteiger partial charge in [0, 0.05) is 5.56 Å². The number of ketones is 1. The average Bonchev–Trinajstić information content (AvgIpc) is 2.55. The van der Waals surface area contributed by atoms with Crippen LogP contribution in [0.4, 0.5) is 0 Å². The zero-order chi connectivity index (χ0) is 17.5. The summed E-state index contributed by atoms with van der Waals surface area (Å²) >= 11 is 8.95. The lowest BCUT2D eigenvalue weighted by Gasteiger charge is -2.12. The molecule has 2 rings (SSSR count). The third kappa shape index (κ3) is 6.11. The average molecular weight is 529 g/mol. The lowest BCUT2D eigenvalue weighted by Crippen LogP contribution is -2.17. The summed E-state index contributed by atoms with van der Waals surface area (Å²) < 4.78 is 22.1. The number of carbonyl (C=O) groups is 1. The van der Waals surface area contributed by atoms with Crippen molar-refractivity contribution in [2.45, 2.75) is 6.37 Å². The van der Waals surface area contributed by atoms with E-state index in [9.17, 15) is 13.2 Å². The van der Waals surface area contributed by atoms with Crippen molar-refractivity contribution >= 4 is 63.4 Å². The van der Waals surface area contributed by atoms with E-state index in [0.29, 0.717) is 5.56 Å². The second kappa shape index (κ2) is 9.08. The molecule has 0 saturated heterocycles. The highest BCUT2D eigenvalue weighted by Gasteiger charge is 2.36. The van der Waals surface area contributed by atoms with Crippen LogP contribution in [0.15, 0.2) is 65.6 Å². The molecule has 124 valence electrons. The van der Waals surface area contributed by atoms with E-state index in [1.54, 1.807) is 42.5 Å². The molecule has 0 aliphatic carbocycles. The monoisotopic (exact) mass is 526 g/mol. The van der Waals surface area contributed by atoms with Crippen LogP contribution in [0.5, 0.6) is 0 Å². The summed E-state index contributed by atoms with van der Waals surface area (Å²) in [7, 11) is -3.43. The number of benzene rings is 2. The number of halogens is 3. The van der Waals surface area contributed by atoms with Crippen LogP contribution in [0.1, 0.15) is 10.4 Å². The summed E-state index contributed by atoms with van der Waals surface area (Å²) in [5, 5.41) is 8.44. The lowest BCUT2D eigenvalue weighted by molar-refractivity contribution is 0.0903. The highest BCUT2D eigenvalue weighted by molar-refractivity contribution is 9.42. The Kier molecular flexibility index (Phi) is 8.09. The number of Topliss-reactive ketones (excluding diaryl/α,β-unsaturated/α-hetero) is 1. The van der Waals surface area contributed by atoms with Crippen molar-refractivity contribution in [1.82, 2.24) is 0 Å². The molecule has 23 heavy (non-hydrogen) atoms. The molecule has 0 fully saturated rings. The Hall–Kier alpha value is -0.540. The van der Waals surface area contributed by atoms with E-state index in [4.69, 9.17) is 5.11 Å². The number of hydrogen-bond donors (Lipinski definition) is 1. The fourth-order valence-electron chi connectivity index (χ4n) is 1.45. The van der Waals surface area contributed by atoms with Crippen molar-refractivity contribution in [1.29, 1.82) is 0 Å². The fraction of sp³-hybridized carbons (Fsp3) is 0.133. The highest BCUT2D eigenvalue weighted by Crippen LogP contribution is 2.42. The van der Waals surface area contributed by atoms with E-state index in [-0.39, 0.29) is 10.7 Å². The topological polar surface area (TPSA) is 71.4 Å². The second-order valence-corrected chi connectivity index (χ2v) is 14.6. The molecule has 0 radical (unpaired) electrons. The van der Waals surface area contributed by atoms with Crippen LogP contribution in [0.2, 0.25) is 0 Å². The molecule has 4 nitrogen and oxygen atoms in total. The number of carbonyl (C=O) groups excluding carboxylic acids is 1. The minimum atomic E-state index is -3.43. The molecule has 0 aliphatic rings. The summed E-state index contributed by atoms with van der Waals surface area (Å²) in [5.74, 6) is -0.236. The summed E-state index contributed by atoms with van der Waals surface area (Å²) in [4.78, 5) is 11.0. The SMILES string of the molecule is O=C(CO)c1ccccc1.O=S(=O)(c1ccccc1)C(Br)(Br)Br. The zero-order valence-corrected chi connectivity index (χ0v) is 17.3.